The van der Waals surface area contributed by atoms with Crippen molar-refractivity contribution < 1.29 is 14.2 Å². The third-order valence-electron chi connectivity index (χ3n) is 2.90. The van der Waals surface area contributed by atoms with Crippen molar-refractivity contribution in [2.24, 2.45) is 5.10 Å². The van der Waals surface area contributed by atoms with E-state index in [9.17, 15) is 0 Å². The number of anilines is 1. The third kappa shape index (κ3) is 2.51. The Morgan fingerprint density at radius 1 is 1.15 bits per heavy atom. The number of rotatable bonds is 4. The Labute approximate surface area is 116 Å². The van der Waals surface area contributed by atoms with E-state index in [1.54, 1.807) is 19.4 Å². The molecule has 1 N–H and O–H groups in total. The van der Waals surface area contributed by atoms with Crippen molar-refractivity contribution in [2.45, 2.75) is 0 Å². The van der Waals surface area contributed by atoms with Gasteiger partial charge >= 0.3 is 0 Å². The number of methoxy groups -OCH3 is 1. The first kappa shape index (κ1) is 12.3. The minimum Gasteiger partial charge on any atom is -0.496 e. The van der Waals surface area contributed by atoms with E-state index in [0.717, 1.165) is 11.3 Å². The molecule has 0 atom stereocenters. The zero-order chi connectivity index (χ0) is 13.8. The van der Waals surface area contributed by atoms with Crippen LogP contribution < -0.4 is 19.6 Å². The summed E-state index contributed by atoms with van der Waals surface area (Å²) in [6, 6.07) is 13.4. The van der Waals surface area contributed by atoms with E-state index < -0.39 is 0 Å². The molecule has 0 bridgehead atoms. The number of hydrogen-bond donors (Lipinski definition) is 1. The molecule has 1 aliphatic heterocycles. The quantitative estimate of drug-likeness (QED) is 0.685. The van der Waals surface area contributed by atoms with Gasteiger partial charge in [-0.05, 0) is 18.2 Å². The van der Waals surface area contributed by atoms with Gasteiger partial charge in [0.1, 0.15) is 5.75 Å². The lowest BCUT2D eigenvalue weighted by atomic mass is 10.2. The van der Waals surface area contributed by atoms with Crippen molar-refractivity contribution in [3.05, 3.63) is 48.0 Å². The SMILES string of the molecule is COc1cc2c(cc1/C=N\Nc1ccccc1)OCO2. The van der Waals surface area contributed by atoms with Crippen molar-refractivity contribution in [3.63, 3.8) is 0 Å². The molecule has 102 valence electrons. The van der Waals surface area contributed by atoms with Gasteiger partial charge in [-0.2, -0.15) is 5.10 Å². The van der Waals surface area contributed by atoms with Crippen LogP contribution in [0.1, 0.15) is 5.56 Å². The molecule has 5 heteroatoms. The molecular weight excluding hydrogens is 256 g/mol. The number of nitrogens with zero attached hydrogens (tertiary/aromatic N) is 1. The summed E-state index contributed by atoms with van der Waals surface area (Å²) in [6.45, 7) is 0.237. The highest BCUT2D eigenvalue weighted by Crippen LogP contribution is 2.37. The normalized spacial score (nSPS) is 12.7. The van der Waals surface area contributed by atoms with Crippen molar-refractivity contribution in [2.75, 3.05) is 19.3 Å². The largest absolute Gasteiger partial charge is 0.496 e. The number of fused-ring (bicyclic) bond motifs is 1. The summed E-state index contributed by atoms with van der Waals surface area (Å²) in [5, 5.41) is 4.19. The van der Waals surface area contributed by atoms with Crippen molar-refractivity contribution in [1.82, 2.24) is 0 Å². The standard InChI is InChI=1S/C15H14N2O3/c1-18-13-8-15-14(19-10-20-15)7-11(13)9-16-17-12-5-3-2-4-6-12/h2-9,17H,10H2,1H3/b16-9-. The second kappa shape index (κ2) is 5.52. The molecule has 0 fully saturated rings. The van der Waals surface area contributed by atoms with Crippen LogP contribution in [-0.2, 0) is 0 Å². The van der Waals surface area contributed by atoms with Crippen molar-refractivity contribution in [3.8, 4) is 17.2 Å². The Morgan fingerprint density at radius 2 is 1.90 bits per heavy atom. The minimum absolute atomic E-state index is 0.237. The fraction of sp³-hybridized carbons (Fsp3) is 0.133. The first-order chi connectivity index (χ1) is 9.86. The Bertz CT molecular complexity index is 627. The number of hydrogen-bond acceptors (Lipinski definition) is 5. The summed E-state index contributed by atoms with van der Waals surface area (Å²) < 4.78 is 16.0. The molecule has 5 nitrogen and oxygen atoms in total. The molecule has 0 aliphatic carbocycles. The molecule has 20 heavy (non-hydrogen) atoms. The van der Waals surface area contributed by atoms with Crippen LogP contribution in [-0.4, -0.2) is 20.1 Å². The van der Waals surface area contributed by atoms with Gasteiger partial charge in [-0.15, -0.1) is 0 Å². The first-order valence-corrected chi connectivity index (χ1v) is 6.18. The van der Waals surface area contributed by atoms with E-state index in [4.69, 9.17) is 14.2 Å². The molecule has 0 saturated carbocycles. The molecule has 2 aromatic rings. The van der Waals surface area contributed by atoms with Crippen LogP contribution >= 0.6 is 0 Å². The van der Waals surface area contributed by atoms with Gasteiger partial charge in [0.05, 0.1) is 19.0 Å². The Balaban J connectivity index is 1.80. The second-order valence-corrected chi connectivity index (χ2v) is 4.18. The van der Waals surface area contributed by atoms with Crippen LogP contribution in [0.25, 0.3) is 0 Å². The number of hydrazone groups is 1. The molecule has 0 saturated heterocycles. The fourth-order valence-electron chi connectivity index (χ4n) is 1.91. The lowest BCUT2D eigenvalue weighted by molar-refractivity contribution is 0.174. The number of nitrogens with one attached hydrogen (secondary N) is 1. The van der Waals surface area contributed by atoms with Gasteiger partial charge in [-0.25, -0.2) is 0 Å². The maximum Gasteiger partial charge on any atom is 0.231 e. The van der Waals surface area contributed by atoms with Crippen LogP contribution in [0.5, 0.6) is 17.2 Å². The van der Waals surface area contributed by atoms with Crippen LogP contribution in [0.2, 0.25) is 0 Å². The zero-order valence-electron chi connectivity index (χ0n) is 11.0. The predicted molar refractivity (Wildman–Crippen MR) is 76.8 cm³/mol. The Kier molecular flexibility index (Phi) is 3.41. The van der Waals surface area contributed by atoms with Crippen molar-refractivity contribution >= 4 is 11.9 Å². The monoisotopic (exact) mass is 270 g/mol. The van der Waals surface area contributed by atoms with E-state index >= 15 is 0 Å². The molecule has 2 aromatic carbocycles. The summed E-state index contributed by atoms with van der Waals surface area (Å²) in [7, 11) is 1.61. The van der Waals surface area contributed by atoms with Crippen LogP contribution in [0.4, 0.5) is 5.69 Å². The molecule has 0 aromatic heterocycles. The highest BCUT2D eigenvalue weighted by atomic mass is 16.7. The lowest BCUT2D eigenvalue weighted by Crippen LogP contribution is -1.94. The molecule has 0 amide bonds. The average molecular weight is 270 g/mol. The number of benzene rings is 2. The summed E-state index contributed by atoms with van der Waals surface area (Å²) >= 11 is 0. The minimum atomic E-state index is 0.237. The van der Waals surface area contributed by atoms with E-state index in [1.165, 1.54) is 0 Å². The maximum absolute atomic E-state index is 5.34. The summed E-state index contributed by atoms with van der Waals surface area (Å²) in [6.07, 6.45) is 1.69. The van der Waals surface area contributed by atoms with Crippen LogP contribution in [0.15, 0.2) is 47.6 Å². The van der Waals surface area contributed by atoms with Gasteiger partial charge in [-0.1, -0.05) is 18.2 Å². The van der Waals surface area contributed by atoms with E-state index in [1.807, 2.05) is 36.4 Å². The Hall–Kier alpha value is -2.69. The molecule has 1 aliphatic rings. The highest BCUT2D eigenvalue weighted by Gasteiger charge is 2.16. The number of ether oxygens (including phenoxy) is 3. The van der Waals surface area contributed by atoms with Gasteiger partial charge in [0.2, 0.25) is 6.79 Å². The smallest absolute Gasteiger partial charge is 0.231 e. The van der Waals surface area contributed by atoms with Crippen LogP contribution in [0.3, 0.4) is 0 Å². The van der Waals surface area contributed by atoms with E-state index in [0.29, 0.717) is 17.2 Å². The molecule has 0 unspecified atom stereocenters. The van der Waals surface area contributed by atoms with Gasteiger partial charge in [0.25, 0.3) is 0 Å². The average Bonchev–Trinajstić information content (AvgIpc) is 2.94. The zero-order valence-corrected chi connectivity index (χ0v) is 11.0. The third-order valence-corrected chi connectivity index (χ3v) is 2.90. The molecule has 3 rings (SSSR count). The predicted octanol–water partition coefficient (Wildman–Crippen LogP) is 2.87. The summed E-state index contributed by atoms with van der Waals surface area (Å²) in [5.74, 6) is 2.08. The molecule has 1 heterocycles. The molecule has 0 spiro atoms. The number of para-hydroxylation sites is 1. The summed E-state index contributed by atoms with van der Waals surface area (Å²) in [5.41, 5.74) is 4.69. The maximum atomic E-state index is 5.34. The molecule has 0 radical (unpaired) electrons. The first-order valence-electron chi connectivity index (χ1n) is 6.18. The van der Waals surface area contributed by atoms with Crippen LogP contribution in [0, 0.1) is 0 Å². The Morgan fingerprint density at radius 3 is 2.65 bits per heavy atom. The van der Waals surface area contributed by atoms with Gasteiger partial charge in [0, 0.05) is 11.6 Å². The van der Waals surface area contributed by atoms with Gasteiger partial charge in [-0.3, -0.25) is 5.43 Å². The second-order valence-electron chi connectivity index (χ2n) is 4.18. The molecular formula is C15H14N2O3. The van der Waals surface area contributed by atoms with Gasteiger partial charge < -0.3 is 14.2 Å². The van der Waals surface area contributed by atoms with Crippen molar-refractivity contribution in [1.29, 1.82) is 0 Å². The topological polar surface area (TPSA) is 52.1 Å². The lowest BCUT2D eigenvalue weighted by Gasteiger charge is -2.06. The highest BCUT2D eigenvalue weighted by molar-refractivity contribution is 5.85. The summed E-state index contributed by atoms with van der Waals surface area (Å²) in [4.78, 5) is 0. The van der Waals surface area contributed by atoms with Gasteiger partial charge in [0.15, 0.2) is 11.5 Å². The fourth-order valence-corrected chi connectivity index (χ4v) is 1.91. The van der Waals surface area contributed by atoms with E-state index in [2.05, 4.69) is 10.5 Å². The van der Waals surface area contributed by atoms with E-state index in [-0.39, 0.29) is 6.79 Å².